The predicted molar refractivity (Wildman–Crippen MR) is 93.1 cm³/mol. The summed E-state index contributed by atoms with van der Waals surface area (Å²) in [5, 5.41) is -0.0568. The second-order valence-electron chi connectivity index (χ2n) is 5.36. The van der Waals surface area contributed by atoms with E-state index in [4.69, 9.17) is 0 Å². The van der Waals surface area contributed by atoms with Crippen LogP contribution in [0, 0.1) is 0 Å². The fourth-order valence-corrected chi connectivity index (χ4v) is 4.44. The van der Waals surface area contributed by atoms with Crippen LogP contribution in [0.15, 0.2) is 70.5 Å². The zero-order valence-electron chi connectivity index (χ0n) is 12.6. The molecule has 21 heavy (non-hydrogen) atoms. The summed E-state index contributed by atoms with van der Waals surface area (Å²) in [4.78, 5) is 15.0. The number of benzene rings is 2. The van der Waals surface area contributed by atoms with Crippen LogP contribution >= 0.6 is 23.5 Å². The first-order chi connectivity index (χ1) is 9.99. The molecule has 0 bridgehead atoms. The third-order valence-corrected chi connectivity index (χ3v) is 5.47. The second kappa shape index (κ2) is 7.19. The first-order valence-corrected chi connectivity index (χ1v) is 8.69. The molecule has 0 spiro atoms. The molecule has 0 aromatic heterocycles. The Bertz CT molecular complexity index is 579. The van der Waals surface area contributed by atoms with Crippen molar-refractivity contribution >= 4 is 29.3 Å². The minimum atomic E-state index is -0.428. The van der Waals surface area contributed by atoms with Crippen molar-refractivity contribution in [3.63, 3.8) is 0 Å². The lowest BCUT2D eigenvalue weighted by atomic mass is 10.1. The number of Topliss-reactive ketones (excluding diaryl/α,β-unsaturated/α-hetero) is 1. The van der Waals surface area contributed by atoms with Gasteiger partial charge in [0.05, 0.1) is 10.00 Å². The number of carbonyl (C=O) groups excluding carboxylic acids is 1. The fourth-order valence-electron chi connectivity index (χ4n) is 2.08. The number of hydrogen-bond acceptors (Lipinski definition) is 3. The SMILES string of the molecule is CC(Sc1ccccc1)C(=O)C(C)(C)Sc1ccccc1. The normalized spacial score (nSPS) is 12.9. The highest BCUT2D eigenvalue weighted by atomic mass is 32.2. The Morgan fingerprint density at radius 1 is 0.905 bits per heavy atom. The Morgan fingerprint density at radius 3 is 1.90 bits per heavy atom. The molecule has 1 nitrogen and oxygen atoms in total. The molecule has 110 valence electrons. The molecule has 0 amide bonds. The van der Waals surface area contributed by atoms with Crippen molar-refractivity contribution in [2.45, 2.75) is 40.6 Å². The molecular formula is C18H20OS2. The highest BCUT2D eigenvalue weighted by Crippen LogP contribution is 2.37. The Kier molecular flexibility index (Phi) is 5.54. The predicted octanol–water partition coefficient (Wildman–Crippen LogP) is 5.31. The van der Waals surface area contributed by atoms with Crippen molar-refractivity contribution in [2.24, 2.45) is 0 Å². The molecular weight excluding hydrogens is 296 g/mol. The van der Waals surface area contributed by atoms with E-state index in [0.717, 1.165) is 9.79 Å². The molecule has 0 heterocycles. The molecule has 0 aliphatic rings. The van der Waals surface area contributed by atoms with Gasteiger partial charge in [-0.2, -0.15) is 0 Å². The highest BCUT2D eigenvalue weighted by Gasteiger charge is 2.32. The van der Waals surface area contributed by atoms with Gasteiger partial charge in [-0.05, 0) is 45.0 Å². The molecule has 1 unspecified atom stereocenters. The molecule has 2 rings (SSSR count). The van der Waals surface area contributed by atoms with Gasteiger partial charge in [0.25, 0.3) is 0 Å². The van der Waals surface area contributed by atoms with Gasteiger partial charge < -0.3 is 0 Å². The van der Waals surface area contributed by atoms with Gasteiger partial charge in [-0.3, -0.25) is 4.79 Å². The summed E-state index contributed by atoms with van der Waals surface area (Å²) in [6.07, 6.45) is 0. The van der Waals surface area contributed by atoms with Crippen LogP contribution in [-0.4, -0.2) is 15.8 Å². The zero-order chi connectivity index (χ0) is 15.3. The number of hydrogen-bond donors (Lipinski definition) is 0. The third-order valence-electron chi connectivity index (χ3n) is 3.13. The van der Waals surface area contributed by atoms with Crippen LogP contribution in [0.2, 0.25) is 0 Å². The van der Waals surface area contributed by atoms with E-state index in [1.165, 1.54) is 0 Å². The first kappa shape index (κ1) is 16.2. The number of thioether (sulfide) groups is 2. The fraction of sp³-hybridized carbons (Fsp3) is 0.278. The molecule has 0 saturated heterocycles. The van der Waals surface area contributed by atoms with E-state index in [0.29, 0.717) is 0 Å². The molecule has 0 aliphatic heterocycles. The summed E-state index contributed by atoms with van der Waals surface area (Å²) >= 11 is 3.26. The van der Waals surface area contributed by atoms with Crippen molar-refractivity contribution < 1.29 is 4.79 Å². The first-order valence-electron chi connectivity index (χ1n) is 6.99. The van der Waals surface area contributed by atoms with Crippen molar-refractivity contribution in [1.29, 1.82) is 0 Å². The molecule has 0 aliphatic carbocycles. The van der Waals surface area contributed by atoms with Crippen molar-refractivity contribution in [2.75, 3.05) is 0 Å². The topological polar surface area (TPSA) is 17.1 Å². The second-order valence-corrected chi connectivity index (χ2v) is 8.47. The van der Waals surface area contributed by atoms with Crippen LogP contribution in [-0.2, 0) is 4.79 Å². The van der Waals surface area contributed by atoms with Crippen molar-refractivity contribution in [3.8, 4) is 0 Å². The average Bonchev–Trinajstić information content (AvgIpc) is 2.48. The average molecular weight is 316 g/mol. The van der Waals surface area contributed by atoms with Gasteiger partial charge in [-0.1, -0.05) is 36.4 Å². The summed E-state index contributed by atoms with van der Waals surface area (Å²) in [6.45, 7) is 6.01. The van der Waals surface area contributed by atoms with Crippen LogP contribution < -0.4 is 0 Å². The molecule has 0 radical (unpaired) electrons. The van der Waals surface area contributed by atoms with E-state index < -0.39 is 4.75 Å². The molecule has 2 aromatic rings. The lowest BCUT2D eigenvalue weighted by molar-refractivity contribution is -0.119. The smallest absolute Gasteiger partial charge is 0.161 e. The van der Waals surface area contributed by atoms with Crippen LogP contribution in [0.5, 0.6) is 0 Å². The van der Waals surface area contributed by atoms with Gasteiger partial charge in [-0.15, -0.1) is 23.5 Å². The van der Waals surface area contributed by atoms with E-state index in [2.05, 4.69) is 12.1 Å². The molecule has 0 N–H and O–H groups in total. The van der Waals surface area contributed by atoms with Crippen molar-refractivity contribution in [1.82, 2.24) is 0 Å². The maximum absolute atomic E-state index is 12.7. The monoisotopic (exact) mass is 316 g/mol. The quantitative estimate of drug-likeness (QED) is 0.673. The zero-order valence-corrected chi connectivity index (χ0v) is 14.2. The summed E-state index contributed by atoms with van der Waals surface area (Å²) < 4.78 is -0.428. The van der Waals surface area contributed by atoms with Gasteiger partial charge in [0, 0.05) is 9.79 Å². The van der Waals surface area contributed by atoms with Crippen LogP contribution in [0.4, 0.5) is 0 Å². The van der Waals surface area contributed by atoms with Crippen LogP contribution in [0.3, 0.4) is 0 Å². The minimum Gasteiger partial charge on any atom is -0.297 e. The van der Waals surface area contributed by atoms with Gasteiger partial charge >= 0.3 is 0 Å². The maximum Gasteiger partial charge on any atom is 0.161 e. The minimum absolute atomic E-state index is 0.0568. The Balaban J connectivity index is 2.03. The third kappa shape index (κ3) is 4.65. The molecule has 2 aromatic carbocycles. The van der Waals surface area contributed by atoms with E-state index in [1.807, 2.05) is 69.3 Å². The van der Waals surface area contributed by atoms with Gasteiger partial charge in [0.15, 0.2) is 5.78 Å². The molecule has 0 fully saturated rings. The van der Waals surface area contributed by atoms with Crippen molar-refractivity contribution in [3.05, 3.63) is 60.7 Å². The van der Waals surface area contributed by atoms with E-state index >= 15 is 0 Å². The lowest BCUT2D eigenvalue weighted by Gasteiger charge is -2.25. The standard InChI is InChI=1S/C18H20OS2/c1-14(20-15-10-6-4-7-11-15)17(19)18(2,3)21-16-12-8-5-9-13-16/h4-14H,1-3H3. The lowest BCUT2D eigenvalue weighted by Crippen LogP contribution is -2.34. The Hall–Kier alpha value is -1.19. The summed E-state index contributed by atoms with van der Waals surface area (Å²) in [6, 6.07) is 20.2. The van der Waals surface area contributed by atoms with Gasteiger partial charge in [0.1, 0.15) is 0 Å². The summed E-state index contributed by atoms with van der Waals surface area (Å²) in [5.74, 6) is 0.269. The maximum atomic E-state index is 12.7. The summed E-state index contributed by atoms with van der Waals surface area (Å²) in [7, 11) is 0. The Morgan fingerprint density at radius 2 is 1.38 bits per heavy atom. The Labute approximate surface area is 135 Å². The largest absolute Gasteiger partial charge is 0.297 e. The van der Waals surface area contributed by atoms with Crippen LogP contribution in [0.25, 0.3) is 0 Å². The van der Waals surface area contributed by atoms with Gasteiger partial charge in [-0.25, -0.2) is 0 Å². The number of carbonyl (C=O) groups is 1. The van der Waals surface area contributed by atoms with Crippen LogP contribution in [0.1, 0.15) is 20.8 Å². The van der Waals surface area contributed by atoms with E-state index in [1.54, 1.807) is 23.5 Å². The highest BCUT2D eigenvalue weighted by molar-refractivity contribution is 8.02. The number of ketones is 1. The van der Waals surface area contributed by atoms with Gasteiger partial charge in [0.2, 0.25) is 0 Å². The molecule has 1 atom stereocenters. The summed E-state index contributed by atoms with van der Waals surface area (Å²) in [5.41, 5.74) is 0. The molecule has 3 heteroatoms. The van der Waals surface area contributed by atoms with E-state index in [-0.39, 0.29) is 11.0 Å². The van der Waals surface area contributed by atoms with E-state index in [9.17, 15) is 4.79 Å². The number of rotatable bonds is 6. The molecule has 0 saturated carbocycles.